The van der Waals surface area contributed by atoms with Gasteiger partial charge in [0, 0.05) is 6.04 Å². The van der Waals surface area contributed by atoms with Crippen LogP contribution in [0.4, 0.5) is 0 Å². The van der Waals surface area contributed by atoms with Crippen molar-refractivity contribution in [3.63, 3.8) is 0 Å². The summed E-state index contributed by atoms with van der Waals surface area (Å²) in [7, 11) is 0. The Morgan fingerprint density at radius 2 is 2.23 bits per heavy atom. The van der Waals surface area contributed by atoms with E-state index in [-0.39, 0.29) is 6.04 Å². The average molecular weight is 177 g/mol. The molecule has 0 bridgehead atoms. The van der Waals surface area contributed by atoms with E-state index in [1.165, 1.54) is 0 Å². The minimum absolute atomic E-state index is 0.00106. The predicted octanol–water partition coefficient (Wildman–Crippen LogP) is 1.69. The molecule has 1 aliphatic carbocycles. The molecule has 2 atom stereocenters. The molecule has 3 N–H and O–H groups in total. The van der Waals surface area contributed by atoms with Gasteiger partial charge in [-0.25, -0.2) is 0 Å². The van der Waals surface area contributed by atoms with Crippen molar-refractivity contribution in [3.05, 3.63) is 35.4 Å². The van der Waals surface area contributed by atoms with Crippen LogP contribution in [-0.2, 0) is 5.60 Å². The first-order valence-electron chi connectivity index (χ1n) is 4.75. The molecule has 70 valence electrons. The highest BCUT2D eigenvalue weighted by Gasteiger charge is 2.38. The van der Waals surface area contributed by atoms with Gasteiger partial charge in [0.15, 0.2) is 0 Å². The SMILES string of the molecule is CCC1(O)CC(N)c2ccccc21. The summed E-state index contributed by atoms with van der Waals surface area (Å²) in [5.41, 5.74) is 7.38. The summed E-state index contributed by atoms with van der Waals surface area (Å²) in [5, 5.41) is 10.2. The van der Waals surface area contributed by atoms with Gasteiger partial charge in [0.05, 0.1) is 5.60 Å². The van der Waals surface area contributed by atoms with Crippen LogP contribution in [0, 0.1) is 0 Å². The number of hydrogen-bond donors (Lipinski definition) is 2. The average Bonchev–Trinajstić information content (AvgIpc) is 2.42. The fourth-order valence-electron chi connectivity index (χ4n) is 2.16. The van der Waals surface area contributed by atoms with Gasteiger partial charge >= 0.3 is 0 Å². The summed E-state index contributed by atoms with van der Waals surface area (Å²) in [6, 6.07) is 7.91. The second kappa shape index (κ2) is 2.82. The fraction of sp³-hybridized carbons (Fsp3) is 0.455. The lowest BCUT2D eigenvalue weighted by atomic mass is 9.93. The third-order valence-electron chi connectivity index (χ3n) is 3.00. The van der Waals surface area contributed by atoms with Crippen molar-refractivity contribution in [2.45, 2.75) is 31.4 Å². The van der Waals surface area contributed by atoms with Crippen LogP contribution in [0.3, 0.4) is 0 Å². The van der Waals surface area contributed by atoms with Crippen molar-refractivity contribution < 1.29 is 5.11 Å². The van der Waals surface area contributed by atoms with Gasteiger partial charge in [0.25, 0.3) is 0 Å². The van der Waals surface area contributed by atoms with Crippen LogP contribution in [0.1, 0.15) is 36.9 Å². The molecule has 0 fully saturated rings. The van der Waals surface area contributed by atoms with Gasteiger partial charge in [-0.15, -0.1) is 0 Å². The van der Waals surface area contributed by atoms with E-state index in [9.17, 15) is 5.11 Å². The molecule has 0 heterocycles. The number of nitrogens with two attached hydrogens (primary N) is 1. The third kappa shape index (κ3) is 1.18. The van der Waals surface area contributed by atoms with E-state index < -0.39 is 5.60 Å². The summed E-state index contributed by atoms with van der Waals surface area (Å²) in [6.07, 6.45) is 1.39. The van der Waals surface area contributed by atoms with Gasteiger partial charge in [0.2, 0.25) is 0 Å². The minimum atomic E-state index is -0.685. The minimum Gasteiger partial charge on any atom is -0.385 e. The molecule has 2 unspecified atom stereocenters. The molecule has 0 saturated carbocycles. The van der Waals surface area contributed by atoms with Gasteiger partial charge in [-0.3, -0.25) is 0 Å². The molecule has 0 radical (unpaired) electrons. The van der Waals surface area contributed by atoms with Gasteiger partial charge < -0.3 is 10.8 Å². The highest BCUT2D eigenvalue weighted by molar-refractivity contribution is 5.39. The molecule has 2 rings (SSSR count). The molecule has 1 aliphatic rings. The van der Waals surface area contributed by atoms with E-state index in [0.29, 0.717) is 6.42 Å². The molecule has 0 aromatic heterocycles. The van der Waals surface area contributed by atoms with Crippen LogP contribution in [-0.4, -0.2) is 5.11 Å². The van der Waals surface area contributed by atoms with Crippen LogP contribution in [0.2, 0.25) is 0 Å². The normalized spacial score (nSPS) is 31.8. The number of aliphatic hydroxyl groups is 1. The zero-order valence-corrected chi connectivity index (χ0v) is 7.83. The van der Waals surface area contributed by atoms with Gasteiger partial charge in [-0.1, -0.05) is 31.2 Å². The molecular formula is C11H15NO. The lowest BCUT2D eigenvalue weighted by Crippen LogP contribution is -2.21. The van der Waals surface area contributed by atoms with Crippen molar-refractivity contribution in [1.29, 1.82) is 0 Å². The van der Waals surface area contributed by atoms with Crippen LogP contribution >= 0.6 is 0 Å². The summed E-state index contributed by atoms with van der Waals surface area (Å²) >= 11 is 0. The number of benzene rings is 1. The maximum atomic E-state index is 10.2. The third-order valence-corrected chi connectivity index (χ3v) is 3.00. The molecule has 0 aliphatic heterocycles. The molecule has 13 heavy (non-hydrogen) atoms. The highest BCUT2D eigenvalue weighted by Crippen LogP contribution is 2.43. The molecule has 1 aromatic rings. The highest BCUT2D eigenvalue weighted by atomic mass is 16.3. The molecule has 0 saturated heterocycles. The maximum Gasteiger partial charge on any atom is 0.0915 e. The first-order valence-corrected chi connectivity index (χ1v) is 4.75. The van der Waals surface area contributed by atoms with Crippen molar-refractivity contribution >= 4 is 0 Å². The Labute approximate surface area is 78.4 Å². The monoisotopic (exact) mass is 177 g/mol. The van der Waals surface area contributed by atoms with Crippen LogP contribution in [0.5, 0.6) is 0 Å². The fourth-order valence-corrected chi connectivity index (χ4v) is 2.16. The zero-order valence-electron chi connectivity index (χ0n) is 7.83. The van der Waals surface area contributed by atoms with Crippen molar-refractivity contribution in [2.75, 3.05) is 0 Å². The summed E-state index contributed by atoms with van der Waals surface area (Å²) in [4.78, 5) is 0. The second-order valence-corrected chi connectivity index (χ2v) is 3.78. The van der Waals surface area contributed by atoms with Gasteiger partial charge in [0.1, 0.15) is 0 Å². The quantitative estimate of drug-likeness (QED) is 0.685. The number of rotatable bonds is 1. The molecule has 0 spiro atoms. The number of fused-ring (bicyclic) bond motifs is 1. The van der Waals surface area contributed by atoms with E-state index in [2.05, 4.69) is 0 Å². The molecule has 2 nitrogen and oxygen atoms in total. The van der Waals surface area contributed by atoms with E-state index >= 15 is 0 Å². The smallest absolute Gasteiger partial charge is 0.0915 e. The van der Waals surface area contributed by atoms with E-state index in [0.717, 1.165) is 17.5 Å². The van der Waals surface area contributed by atoms with Crippen molar-refractivity contribution in [1.82, 2.24) is 0 Å². The van der Waals surface area contributed by atoms with Gasteiger partial charge in [-0.05, 0) is 24.0 Å². The Morgan fingerprint density at radius 3 is 2.92 bits per heavy atom. The van der Waals surface area contributed by atoms with Crippen molar-refractivity contribution in [3.8, 4) is 0 Å². The Morgan fingerprint density at radius 1 is 1.54 bits per heavy atom. The first kappa shape index (κ1) is 8.73. The van der Waals surface area contributed by atoms with Crippen molar-refractivity contribution in [2.24, 2.45) is 5.73 Å². The number of hydrogen-bond acceptors (Lipinski definition) is 2. The van der Waals surface area contributed by atoms with E-state index in [1.807, 2.05) is 31.2 Å². The van der Waals surface area contributed by atoms with E-state index in [1.54, 1.807) is 0 Å². The molecule has 2 heteroatoms. The predicted molar refractivity (Wildman–Crippen MR) is 52.2 cm³/mol. The standard InChI is InChI=1S/C11H15NO/c1-2-11(13)7-10(12)8-5-3-4-6-9(8)11/h3-6,10,13H,2,7,12H2,1H3. The second-order valence-electron chi connectivity index (χ2n) is 3.78. The lowest BCUT2D eigenvalue weighted by molar-refractivity contribution is 0.0299. The summed E-state index contributed by atoms with van der Waals surface area (Å²) in [5.74, 6) is 0. The molecule has 1 aromatic carbocycles. The topological polar surface area (TPSA) is 46.2 Å². The lowest BCUT2D eigenvalue weighted by Gasteiger charge is -2.21. The summed E-state index contributed by atoms with van der Waals surface area (Å²) in [6.45, 7) is 1.99. The van der Waals surface area contributed by atoms with Gasteiger partial charge in [-0.2, -0.15) is 0 Å². The van der Waals surface area contributed by atoms with Crippen LogP contribution in [0.15, 0.2) is 24.3 Å². The Bertz CT molecular complexity index is 324. The first-order chi connectivity index (χ1) is 6.17. The molecular weight excluding hydrogens is 162 g/mol. The Hall–Kier alpha value is -0.860. The maximum absolute atomic E-state index is 10.2. The van der Waals surface area contributed by atoms with Crippen LogP contribution < -0.4 is 5.73 Å². The Balaban J connectivity index is 2.53. The zero-order chi connectivity index (χ0) is 9.47. The van der Waals surface area contributed by atoms with Crippen LogP contribution in [0.25, 0.3) is 0 Å². The Kier molecular flexibility index (Phi) is 1.90. The summed E-state index contributed by atoms with van der Waals surface area (Å²) < 4.78 is 0. The molecule has 0 amide bonds. The van der Waals surface area contributed by atoms with E-state index in [4.69, 9.17) is 5.73 Å². The largest absolute Gasteiger partial charge is 0.385 e.